The van der Waals surface area contributed by atoms with Gasteiger partial charge in [-0.15, -0.1) is 0 Å². The Bertz CT molecular complexity index is 405. The van der Waals surface area contributed by atoms with E-state index in [1.54, 1.807) is 0 Å². The molecular weight excluding hydrogens is 862 g/mol. The first-order valence-electron chi connectivity index (χ1n) is 6.80. The summed E-state index contributed by atoms with van der Waals surface area (Å²) in [5, 5.41) is 16.9. The van der Waals surface area contributed by atoms with Crippen molar-refractivity contribution < 1.29 is 90.1 Å². The third kappa shape index (κ3) is 29.1. The molecule has 10 N–H and O–H groups in total. The van der Waals surface area contributed by atoms with E-state index < -0.39 is 33.8 Å². The van der Waals surface area contributed by atoms with Crippen molar-refractivity contribution in [2.24, 2.45) is 5.41 Å². The van der Waals surface area contributed by atoms with E-state index in [0.717, 1.165) is 0 Å². The van der Waals surface area contributed by atoms with E-state index >= 15 is 0 Å². The molecule has 0 amide bonds. The third-order valence-electron chi connectivity index (χ3n) is 2.69. The van der Waals surface area contributed by atoms with Crippen molar-refractivity contribution in [3.8, 4) is 0 Å². The van der Waals surface area contributed by atoms with E-state index in [1.165, 1.54) is 5.92 Å². The molecule has 1 aromatic carbocycles. The molecule has 0 saturated heterocycles. The summed E-state index contributed by atoms with van der Waals surface area (Å²) in [6.07, 6.45) is 1.26. The zero-order chi connectivity index (χ0) is 18.3. The number of hydrogen-bond donors (Lipinski definition) is 2. The SMILES string of the molecule is C[C-](C)C.O=C(O)C1(C(=O)O)CCC1.[Cl][Pt+2][Cl].[NH2-].[NH2-].[NH2-].[NH2-].[Pt+2].[Y].c1ccccc1. The molecule has 0 aromatic heterocycles. The largest absolute Gasteiger partial charge is 2.00 e. The first kappa shape index (κ1) is 52.2. The molecule has 1 aliphatic carbocycles. The monoisotopic (exact) mass is 892 g/mol. The molecule has 13 heteroatoms. The Morgan fingerprint density at radius 2 is 1.00 bits per heavy atom. The normalized spacial score (nSPS) is 11.0. The Morgan fingerprint density at radius 3 is 1.03 bits per heavy atom. The maximum absolute atomic E-state index is 10.4. The van der Waals surface area contributed by atoms with Gasteiger partial charge in [-0.05, 0) is 19.3 Å². The fourth-order valence-electron chi connectivity index (χ4n) is 1.43. The molecule has 2 rings (SSSR count). The van der Waals surface area contributed by atoms with Crippen LogP contribution in [0.5, 0.6) is 0 Å². The van der Waals surface area contributed by atoms with Gasteiger partial charge in [0, 0.05) is 32.7 Å². The van der Waals surface area contributed by atoms with Gasteiger partial charge in [0.05, 0.1) is 0 Å². The van der Waals surface area contributed by atoms with Crippen LogP contribution in [0.1, 0.15) is 40.0 Å². The van der Waals surface area contributed by atoms with Crippen molar-refractivity contribution >= 4 is 30.8 Å². The van der Waals surface area contributed by atoms with Gasteiger partial charge < -0.3 is 40.7 Å². The quantitative estimate of drug-likeness (QED) is 0.224. The van der Waals surface area contributed by atoms with Gasteiger partial charge in [0.15, 0.2) is 5.41 Å². The number of rotatable bonds is 2. The number of carboxylic acid groups (broad SMARTS) is 2. The van der Waals surface area contributed by atoms with Crippen LogP contribution in [-0.4, -0.2) is 22.2 Å². The second kappa shape index (κ2) is 33.7. The minimum absolute atomic E-state index is 0. The number of benzene rings is 1. The number of halogens is 2. The van der Waals surface area contributed by atoms with Crippen LogP contribution in [0.25, 0.3) is 24.6 Å². The van der Waals surface area contributed by atoms with E-state index in [2.05, 4.69) is 20.8 Å². The second-order valence-corrected chi connectivity index (χ2v) is 8.53. The number of nitrogens with two attached hydrogens (primary N) is 4. The topological polar surface area (TPSA) is 209 Å². The molecular formula is C16H31Cl2N4O4Pt2Y-. The molecule has 0 heterocycles. The summed E-state index contributed by atoms with van der Waals surface area (Å²) in [4.78, 5) is 20.7. The molecule has 8 nitrogen and oxygen atoms in total. The first-order valence-corrected chi connectivity index (χ1v) is 12.4. The van der Waals surface area contributed by atoms with Gasteiger partial charge >= 0.3 is 68.3 Å². The predicted molar refractivity (Wildman–Crippen MR) is 111 cm³/mol. The smallest absolute Gasteiger partial charge is 0.693 e. The van der Waals surface area contributed by atoms with Gasteiger partial charge in [-0.2, -0.15) is 20.8 Å². The standard InChI is InChI=1S/C6H8O4.C6H6.C4H9.2ClH.4H2N.2Pt.Y/c7-4(8)6(5(9)10)2-1-3-6;1-2-4-6-5-3-1;1-4(2)3;;;;;;;;;/h1-3H2,(H,7,8)(H,9,10);1-6H;1-3H3;2*1H;4*1H2;;;/q;;-1;;;4*-1;+2;+4;/p-2. The summed E-state index contributed by atoms with van der Waals surface area (Å²) >= 11 is -0.472. The molecule has 0 bridgehead atoms. The van der Waals surface area contributed by atoms with Crippen LogP contribution in [0.4, 0.5) is 0 Å². The van der Waals surface area contributed by atoms with Gasteiger partial charge in [0.2, 0.25) is 0 Å². The van der Waals surface area contributed by atoms with Crippen molar-refractivity contribution in [2.45, 2.75) is 40.0 Å². The predicted octanol–water partition coefficient (Wildman–Crippen LogP) is 7.87. The van der Waals surface area contributed by atoms with E-state index in [1.807, 2.05) is 36.4 Å². The van der Waals surface area contributed by atoms with E-state index in [9.17, 15) is 9.59 Å². The van der Waals surface area contributed by atoms with Crippen LogP contribution in [0, 0.1) is 11.3 Å². The van der Waals surface area contributed by atoms with E-state index in [-0.39, 0.29) is 91.2 Å². The minimum Gasteiger partial charge on any atom is -0.693 e. The molecule has 29 heavy (non-hydrogen) atoms. The van der Waals surface area contributed by atoms with Crippen molar-refractivity contribution in [1.29, 1.82) is 0 Å². The molecule has 1 aromatic rings. The Labute approximate surface area is 230 Å². The number of aliphatic carboxylic acids is 2. The van der Waals surface area contributed by atoms with Crippen LogP contribution >= 0.6 is 18.8 Å². The summed E-state index contributed by atoms with van der Waals surface area (Å²) in [7, 11) is 9.75. The molecule has 1 radical (unpaired) electrons. The molecule has 177 valence electrons. The fourth-order valence-corrected chi connectivity index (χ4v) is 1.43. The average molecular weight is 893 g/mol. The van der Waals surface area contributed by atoms with Crippen molar-refractivity contribution in [2.75, 3.05) is 0 Å². The average Bonchev–Trinajstić information content (AvgIpc) is 2.39. The van der Waals surface area contributed by atoms with Gasteiger partial charge in [0.25, 0.3) is 0 Å². The maximum atomic E-state index is 10.4. The Balaban J connectivity index is -0.0000000344. The van der Waals surface area contributed by atoms with Crippen molar-refractivity contribution in [1.82, 2.24) is 0 Å². The summed E-state index contributed by atoms with van der Waals surface area (Å²) < 4.78 is 0. The fraction of sp³-hybridized carbons (Fsp3) is 0.438. The third-order valence-corrected chi connectivity index (χ3v) is 2.69. The maximum Gasteiger partial charge on any atom is 2.00 e. The number of hydrogen-bond acceptors (Lipinski definition) is 2. The second-order valence-electron chi connectivity index (χ2n) is 5.25. The molecule has 0 unspecified atom stereocenters. The summed E-state index contributed by atoms with van der Waals surface area (Å²) in [5.41, 5.74) is -1.44. The van der Waals surface area contributed by atoms with Crippen LogP contribution < -0.4 is 0 Å². The molecule has 1 saturated carbocycles. The van der Waals surface area contributed by atoms with Gasteiger partial charge in [-0.3, -0.25) is 9.59 Å². The molecule has 0 aliphatic heterocycles. The van der Waals surface area contributed by atoms with Gasteiger partial charge in [-0.25, -0.2) is 0 Å². The van der Waals surface area contributed by atoms with Crippen LogP contribution in [0.2, 0.25) is 0 Å². The zero-order valence-electron chi connectivity index (χ0n) is 16.6. The van der Waals surface area contributed by atoms with E-state index in [4.69, 9.17) is 29.0 Å². The Hall–Kier alpha value is 1.06. The van der Waals surface area contributed by atoms with Crippen LogP contribution in [0.15, 0.2) is 36.4 Å². The number of carboxylic acids is 2. The zero-order valence-corrected chi connectivity index (χ0v) is 25.5. The molecule has 0 atom stereocenters. The molecule has 0 spiro atoms. The van der Waals surface area contributed by atoms with Crippen LogP contribution in [0.3, 0.4) is 0 Å². The van der Waals surface area contributed by atoms with Gasteiger partial charge in [-0.1, -0.05) is 36.4 Å². The first-order chi connectivity index (χ1) is 10.7. The van der Waals surface area contributed by atoms with Crippen LogP contribution in [-0.2, 0) is 79.8 Å². The summed E-state index contributed by atoms with van der Waals surface area (Å²) in [6.45, 7) is 6.25. The number of carbonyl (C=O) groups is 2. The minimum atomic E-state index is -1.44. The van der Waals surface area contributed by atoms with Crippen molar-refractivity contribution in [3.05, 3.63) is 66.9 Å². The Kier molecular flexibility index (Phi) is 60.6. The molecule has 1 fully saturated rings. The summed E-state index contributed by atoms with van der Waals surface area (Å²) in [6, 6.07) is 12.0. The Morgan fingerprint density at radius 1 is 0.828 bits per heavy atom. The summed E-state index contributed by atoms with van der Waals surface area (Å²) in [5.74, 6) is -0.988. The van der Waals surface area contributed by atoms with Gasteiger partial charge in [0.1, 0.15) is 0 Å². The van der Waals surface area contributed by atoms with E-state index in [0.29, 0.717) is 6.42 Å². The van der Waals surface area contributed by atoms with Crippen molar-refractivity contribution in [3.63, 3.8) is 0 Å². The molecule has 1 aliphatic rings.